The Bertz CT molecular complexity index is 1200. The van der Waals surface area contributed by atoms with Crippen molar-refractivity contribution in [2.24, 2.45) is 4.99 Å². The number of nitrogens with zero attached hydrogens (tertiary/aromatic N) is 2. The lowest BCUT2D eigenvalue weighted by molar-refractivity contribution is -0.384. The van der Waals surface area contributed by atoms with E-state index in [9.17, 15) is 14.9 Å². The minimum Gasteiger partial charge on any atom is -0.489 e. The smallest absolute Gasteiger partial charge is 0.363 e. The average molecular weight is 414 g/mol. The molecule has 7 nitrogen and oxygen atoms in total. The van der Waals surface area contributed by atoms with Crippen molar-refractivity contribution in [1.82, 2.24) is 0 Å². The predicted molar refractivity (Wildman–Crippen MR) is 116 cm³/mol. The maximum atomic E-state index is 12.2. The highest BCUT2D eigenvalue weighted by molar-refractivity contribution is 6.13. The normalized spacial score (nSPS) is 14.3. The number of rotatable bonds is 6. The summed E-state index contributed by atoms with van der Waals surface area (Å²) in [6.45, 7) is 2.50. The fourth-order valence-electron chi connectivity index (χ4n) is 2.95. The van der Waals surface area contributed by atoms with E-state index in [-0.39, 0.29) is 17.3 Å². The van der Waals surface area contributed by atoms with Gasteiger partial charge in [0.05, 0.1) is 4.92 Å². The van der Waals surface area contributed by atoms with E-state index in [1.54, 1.807) is 12.1 Å². The van der Waals surface area contributed by atoms with E-state index in [0.717, 1.165) is 11.1 Å². The first kappa shape index (κ1) is 20.0. The fourth-order valence-corrected chi connectivity index (χ4v) is 2.95. The SMILES string of the molecule is Cc1ccc(COc2ccc(C=C3N=C(c4cccc([N+](=O)[O-])c4)OC3=O)cc2)cc1. The lowest BCUT2D eigenvalue weighted by Crippen LogP contribution is -2.05. The summed E-state index contributed by atoms with van der Waals surface area (Å²) in [6, 6.07) is 21.2. The number of esters is 1. The molecule has 0 spiro atoms. The van der Waals surface area contributed by atoms with Crippen LogP contribution in [0, 0.1) is 17.0 Å². The molecule has 0 N–H and O–H groups in total. The summed E-state index contributed by atoms with van der Waals surface area (Å²) in [7, 11) is 0. The molecule has 31 heavy (non-hydrogen) atoms. The maximum absolute atomic E-state index is 12.2. The molecule has 0 saturated heterocycles. The molecule has 7 heteroatoms. The van der Waals surface area contributed by atoms with Crippen LogP contribution in [0.4, 0.5) is 5.69 Å². The van der Waals surface area contributed by atoms with E-state index in [0.29, 0.717) is 17.9 Å². The van der Waals surface area contributed by atoms with Gasteiger partial charge in [0.25, 0.3) is 5.69 Å². The lowest BCUT2D eigenvalue weighted by atomic mass is 10.1. The molecule has 0 fully saturated rings. The number of benzene rings is 3. The number of aliphatic imine (C=N–C) groups is 1. The Hall–Kier alpha value is -4.26. The Balaban J connectivity index is 1.46. The van der Waals surface area contributed by atoms with Gasteiger partial charge in [0, 0.05) is 17.7 Å². The number of carbonyl (C=O) groups excluding carboxylic acids is 1. The largest absolute Gasteiger partial charge is 0.489 e. The van der Waals surface area contributed by atoms with Gasteiger partial charge in [-0.3, -0.25) is 10.1 Å². The number of hydrogen-bond acceptors (Lipinski definition) is 6. The van der Waals surface area contributed by atoms with Crippen LogP contribution in [0.2, 0.25) is 0 Å². The third-order valence-electron chi connectivity index (χ3n) is 4.63. The molecule has 0 saturated carbocycles. The summed E-state index contributed by atoms with van der Waals surface area (Å²) < 4.78 is 11.0. The van der Waals surface area contributed by atoms with Crippen LogP contribution in [0.3, 0.4) is 0 Å². The second kappa shape index (κ2) is 8.62. The van der Waals surface area contributed by atoms with Crippen LogP contribution in [0.5, 0.6) is 5.75 Å². The molecule has 0 aromatic heterocycles. The van der Waals surface area contributed by atoms with E-state index in [2.05, 4.69) is 4.99 Å². The van der Waals surface area contributed by atoms with Crippen molar-refractivity contribution in [2.75, 3.05) is 0 Å². The quantitative estimate of drug-likeness (QED) is 0.249. The van der Waals surface area contributed by atoms with Crippen LogP contribution in [0.25, 0.3) is 6.08 Å². The Morgan fingerprint density at radius 3 is 2.52 bits per heavy atom. The zero-order valence-corrected chi connectivity index (χ0v) is 16.6. The topological polar surface area (TPSA) is 91.0 Å². The zero-order valence-electron chi connectivity index (χ0n) is 16.6. The van der Waals surface area contributed by atoms with Crippen LogP contribution in [-0.2, 0) is 16.1 Å². The van der Waals surface area contributed by atoms with Gasteiger partial charge in [0.1, 0.15) is 12.4 Å². The number of hydrogen-bond donors (Lipinski definition) is 0. The predicted octanol–water partition coefficient (Wildman–Crippen LogP) is 4.83. The summed E-state index contributed by atoms with van der Waals surface area (Å²) in [5, 5.41) is 10.9. The molecule has 1 heterocycles. The third kappa shape index (κ3) is 4.84. The molecule has 0 aliphatic carbocycles. The number of carbonyl (C=O) groups is 1. The summed E-state index contributed by atoms with van der Waals surface area (Å²) in [5.41, 5.74) is 3.41. The highest BCUT2D eigenvalue weighted by Gasteiger charge is 2.25. The monoisotopic (exact) mass is 414 g/mol. The number of aryl methyl sites for hydroxylation is 1. The molecule has 154 valence electrons. The van der Waals surface area contributed by atoms with Crippen LogP contribution < -0.4 is 4.74 Å². The molecular formula is C24H18N2O5. The molecule has 1 aliphatic rings. The van der Waals surface area contributed by atoms with Crippen molar-refractivity contribution in [3.05, 3.63) is 111 Å². The van der Waals surface area contributed by atoms with Crippen molar-refractivity contribution in [3.63, 3.8) is 0 Å². The second-order valence-electron chi connectivity index (χ2n) is 6.99. The van der Waals surface area contributed by atoms with Crippen molar-refractivity contribution in [2.45, 2.75) is 13.5 Å². The van der Waals surface area contributed by atoms with Gasteiger partial charge in [0.2, 0.25) is 5.90 Å². The molecule has 0 amide bonds. The molecular weight excluding hydrogens is 396 g/mol. The minimum absolute atomic E-state index is 0.0398. The van der Waals surface area contributed by atoms with Gasteiger partial charge in [-0.1, -0.05) is 48.0 Å². The molecule has 3 aromatic rings. The summed E-state index contributed by atoms with van der Waals surface area (Å²) >= 11 is 0. The van der Waals surface area contributed by atoms with Crippen LogP contribution in [0.15, 0.2) is 83.5 Å². The Kier molecular flexibility index (Phi) is 5.57. The molecule has 0 bridgehead atoms. The Morgan fingerprint density at radius 1 is 1.06 bits per heavy atom. The minimum atomic E-state index is -0.610. The highest BCUT2D eigenvalue weighted by Crippen LogP contribution is 2.23. The van der Waals surface area contributed by atoms with Gasteiger partial charge in [-0.15, -0.1) is 0 Å². The van der Waals surface area contributed by atoms with Crippen LogP contribution in [0.1, 0.15) is 22.3 Å². The zero-order chi connectivity index (χ0) is 21.8. The third-order valence-corrected chi connectivity index (χ3v) is 4.63. The van der Waals surface area contributed by atoms with Crippen LogP contribution >= 0.6 is 0 Å². The van der Waals surface area contributed by atoms with Gasteiger partial charge in [-0.25, -0.2) is 9.79 Å². The second-order valence-corrected chi connectivity index (χ2v) is 6.99. The first-order valence-corrected chi connectivity index (χ1v) is 9.54. The molecule has 0 unspecified atom stereocenters. The van der Waals surface area contributed by atoms with Gasteiger partial charge in [0.15, 0.2) is 5.70 Å². The van der Waals surface area contributed by atoms with Crippen molar-refractivity contribution in [3.8, 4) is 5.75 Å². The van der Waals surface area contributed by atoms with Crippen molar-refractivity contribution >= 4 is 23.6 Å². The van der Waals surface area contributed by atoms with E-state index in [1.807, 2.05) is 55.5 Å². The summed E-state index contributed by atoms with van der Waals surface area (Å²) in [4.78, 5) is 26.8. The number of nitro benzene ring substituents is 1. The average Bonchev–Trinajstić information content (AvgIpc) is 3.14. The maximum Gasteiger partial charge on any atom is 0.363 e. The lowest BCUT2D eigenvalue weighted by Gasteiger charge is -2.07. The van der Waals surface area contributed by atoms with E-state index < -0.39 is 10.9 Å². The molecule has 4 rings (SSSR count). The van der Waals surface area contributed by atoms with E-state index >= 15 is 0 Å². The number of cyclic esters (lactones) is 1. The van der Waals surface area contributed by atoms with Gasteiger partial charge >= 0.3 is 5.97 Å². The summed E-state index contributed by atoms with van der Waals surface area (Å²) in [6.07, 6.45) is 1.59. The van der Waals surface area contributed by atoms with Crippen LogP contribution in [-0.4, -0.2) is 16.8 Å². The van der Waals surface area contributed by atoms with Crippen molar-refractivity contribution in [1.29, 1.82) is 0 Å². The number of nitro groups is 1. The molecule has 0 atom stereocenters. The number of ether oxygens (including phenoxy) is 2. The van der Waals surface area contributed by atoms with Crippen molar-refractivity contribution < 1.29 is 19.2 Å². The highest BCUT2D eigenvalue weighted by atomic mass is 16.6. The van der Waals surface area contributed by atoms with Gasteiger partial charge in [-0.2, -0.15) is 0 Å². The first-order chi connectivity index (χ1) is 15.0. The first-order valence-electron chi connectivity index (χ1n) is 9.54. The fraction of sp³-hybridized carbons (Fsp3) is 0.0833. The van der Waals surface area contributed by atoms with E-state index in [4.69, 9.17) is 9.47 Å². The molecule has 3 aromatic carbocycles. The Labute approximate surface area is 178 Å². The summed E-state index contributed by atoms with van der Waals surface area (Å²) in [5.74, 6) is 0.136. The standard InChI is InChI=1S/C24H18N2O5/c1-16-5-7-18(8-6-16)15-30-21-11-9-17(10-12-21)13-22-24(27)31-23(25-22)19-3-2-4-20(14-19)26(28)29/h2-14H,15H2,1H3. The number of non-ortho nitro benzene ring substituents is 1. The molecule has 1 aliphatic heterocycles. The van der Waals surface area contributed by atoms with Gasteiger partial charge < -0.3 is 9.47 Å². The Morgan fingerprint density at radius 2 is 1.81 bits per heavy atom. The molecule has 0 radical (unpaired) electrons. The van der Waals surface area contributed by atoms with Gasteiger partial charge in [-0.05, 0) is 42.3 Å². The van der Waals surface area contributed by atoms with E-state index in [1.165, 1.54) is 23.8 Å².